The van der Waals surface area contributed by atoms with Crippen LogP contribution in [-0.4, -0.2) is 42.9 Å². The number of rotatable bonds is 3. The predicted octanol–water partition coefficient (Wildman–Crippen LogP) is 2.95. The average molecular weight is 415 g/mol. The molecule has 8 heteroatoms. The van der Waals surface area contributed by atoms with E-state index in [1.54, 1.807) is 53.4 Å². The molecule has 2 aliphatic rings. The van der Waals surface area contributed by atoms with Crippen LogP contribution in [-0.2, 0) is 9.59 Å². The van der Waals surface area contributed by atoms with Crippen LogP contribution in [0.3, 0.4) is 0 Å². The minimum atomic E-state index is -0.263. The summed E-state index contributed by atoms with van der Waals surface area (Å²) in [5.41, 5.74) is 4.45. The number of hydrogen-bond donors (Lipinski definition) is 1. The largest absolute Gasteiger partial charge is 0.366 e. The van der Waals surface area contributed by atoms with Gasteiger partial charge in [0.2, 0.25) is 5.91 Å². The molecular weight excluding hydrogens is 395 g/mol. The SMILES string of the molecule is O=C(C1=CCC(=O)N(c2ccc(Cl)cc2)N1)N1CCN(c2ccccc2F)CC1. The van der Waals surface area contributed by atoms with Crippen LogP contribution in [0.25, 0.3) is 0 Å². The molecule has 6 nitrogen and oxygen atoms in total. The maximum atomic E-state index is 14.0. The van der Waals surface area contributed by atoms with Crippen molar-refractivity contribution in [2.45, 2.75) is 6.42 Å². The van der Waals surface area contributed by atoms with Crippen molar-refractivity contribution in [3.8, 4) is 0 Å². The molecule has 0 atom stereocenters. The first-order valence-corrected chi connectivity index (χ1v) is 9.75. The number of carbonyl (C=O) groups is 2. The molecule has 2 aliphatic heterocycles. The molecule has 1 N–H and O–H groups in total. The highest BCUT2D eigenvalue weighted by Gasteiger charge is 2.29. The summed E-state index contributed by atoms with van der Waals surface area (Å²) in [6, 6.07) is 13.4. The van der Waals surface area contributed by atoms with Gasteiger partial charge in [-0.05, 0) is 42.5 Å². The van der Waals surface area contributed by atoms with Gasteiger partial charge in [-0.3, -0.25) is 15.0 Å². The van der Waals surface area contributed by atoms with Crippen LogP contribution in [0, 0.1) is 5.82 Å². The second-order valence-corrected chi connectivity index (χ2v) is 7.31. The highest BCUT2D eigenvalue weighted by molar-refractivity contribution is 6.30. The molecule has 4 rings (SSSR count). The molecule has 2 amide bonds. The van der Waals surface area contributed by atoms with Crippen molar-refractivity contribution < 1.29 is 14.0 Å². The Hall–Kier alpha value is -3.06. The summed E-state index contributed by atoms with van der Waals surface area (Å²) in [4.78, 5) is 28.9. The molecule has 150 valence electrons. The minimum Gasteiger partial charge on any atom is -0.366 e. The van der Waals surface area contributed by atoms with Crippen LogP contribution in [0.1, 0.15) is 6.42 Å². The van der Waals surface area contributed by atoms with Gasteiger partial charge in [0.25, 0.3) is 5.91 Å². The van der Waals surface area contributed by atoms with Gasteiger partial charge in [0.15, 0.2) is 0 Å². The number of anilines is 2. The van der Waals surface area contributed by atoms with Gasteiger partial charge < -0.3 is 9.80 Å². The number of piperazine rings is 1. The van der Waals surface area contributed by atoms with Crippen molar-refractivity contribution in [3.05, 3.63) is 71.1 Å². The first-order chi connectivity index (χ1) is 14.0. The van der Waals surface area contributed by atoms with Gasteiger partial charge in [0.1, 0.15) is 11.5 Å². The van der Waals surface area contributed by atoms with Crippen molar-refractivity contribution in [2.75, 3.05) is 36.1 Å². The predicted molar refractivity (Wildman–Crippen MR) is 110 cm³/mol. The normalized spacial score (nSPS) is 17.1. The average Bonchev–Trinajstić information content (AvgIpc) is 2.75. The summed E-state index contributed by atoms with van der Waals surface area (Å²) in [7, 11) is 0. The van der Waals surface area contributed by atoms with E-state index in [1.165, 1.54) is 11.1 Å². The lowest BCUT2D eigenvalue weighted by molar-refractivity contribution is -0.128. The number of halogens is 2. The second-order valence-electron chi connectivity index (χ2n) is 6.87. The van der Waals surface area contributed by atoms with Crippen molar-refractivity contribution in [3.63, 3.8) is 0 Å². The van der Waals surface area contributed by atoms with Gasteiger partial charge in [-0.25, -0.2) is 9.40 Å². The zero-order chi connectivity index (χ0) is 20.4. The molecule has 29 heavy (non-hydrogen) atoms. The van der Waals surface area contributed by atoms with E-state index in [2.05, 4.69) is 5.43 Å². The number of para-hydroxylation sites is 1. The Morgan fingerprint density at radius 2 is 1.69 bits per heavy atom. The molecule has 2 heterocycles. The molecule has 0 aromatic heterocycles. The number of nitrogens with zero attached hydrogens (tertiary/aromatic N) is 3. The molecule has 0 saturated carbocycles. The fraction of sp³-hybridized carbons (Fsp3) is 0.238. The summed E-state index contributed by atoms with van der Waals surface area (Å²) in [5, 5.41) is 1.93. The fourth-order valence-electron chi connectivity index (χ4n) is 3.47. The van der Waals surface area contributed by atoms with E-state index in [0.29, 0.717) is 48.3 Å². The lowest BCUT2D eigenvalue weighted by atomic mass is 10.2. The molecule has 2 aromatic carbocycles. The Morgan fingerprint density at radius 1 is 1.00 bits per heavy atom. The third kappa shape index (κ3) is 4.05. The van der Waals surface area contributed by atoms with Gasteiger partial charge in [-0.2, -0.15) is 0 Å². The Kier molecular flexibility index (Phi) is 5.40. The summed E-state index contributed by atoms with van der Waals surface area (Å²) in [6.45, 7) is 2.03. The lowest BCUT2D eigenvalue weighted by Gasteiger charge is -2.37. The number of carbonyl (C=O) groups excluding carboxylic acids is 2. The van der Waals surface area contributed by atoms with E-state index in [9.17, 15) is 14.0 Å². The van der Waals surface area contributed by atoms with E-state index >= 15 is 0 Å². The minimum absolute atomic E-state index is 0.131. The highest BCUT2D eigenvalue weighted by atomic mass is 35.5. The maximum absolute atomic E-state index is 14.0. The van der Waals surface area contributed by atoms with Crippen molar-refractivity contribution in [2.24, 2.45) is 0 Å². The quantitative estimate of drug-likeness (QED) is 0.839. The van der Waals surface area contributed by atoms with E-state index in [4.69, 9.17) is 11.6 Å². The third-order valence-corrected chi connectivity index (χ3v) is 5.29. The Bertz CT molecular complexity index is 955. The zero-order valence-electron chi connectivity index (χ0n) is 15.6. The van der Waals surface area contributed by atoms with Crippen LogP contribution >= 0.6 is 11.6 Å². The van der Waals surface area contributed by atoms with Crippen LogP contribution in [0.15, 0.2) is 60.3 Å². The van der Waals surface area contributed by atoms with Gasteiger partial charge in [0.05, 0.1) is 11.4 Å². The topological polar surface area (TPSA) is 55.9 Å². The Morgan fingerprint density at radius 3 is 2.38 bits per heavy atom. The standard InChI is InChI=1S/C21H20ClFN4O2/c22-15-5-7-16(8-6-15)27-20(28)10-9-18(24-27)21(29)26-13-11-25(12-14-26)19-4-2-1-3-17(19)23/h1-9,24H,10-14H2. The van der Waals surface area contributed by atoms with E-state index in [-0.39, 0.29) is 24.1 Å². The summed E-state index contributed by atoms with van der Waals surface area (Å²) in [5.74, 6) is -0.598. The lowest BCUT2D eigenvalue weighted by Crippen LogP contribution is -2.53. The highest BCUT2D eigenvalue weighted by Crippen LogP contribution is 2.23. The number of hydrazine groups is 1. The number of amides is 2. The summed E-state index contributed by atoms with van der Waals surface area (Å²) in [6.07, 6.45) is 1.74. The fourth-order valence-corrected chi connectivity index (χ4v) is 3.60. The number of benzene rings is 2. The maximum Gasteiger partial charge on any atom is 0.271 e. The monoisotopic (exact) mass is 414 g/mol. The van der Waals surface area contributed by atoms with E-state index in [1.807, 2.05) is 4.90 Å². The summed E-state index contributed by atoms with van der Waals surface area (Å²) < 4.78 is 14.0. The first kappa shape index (κ1) is 19.3. The smallest absolute Gasteiger partial charge is 0.271 e. The second kappa shape index (κ2) is 8.13. The van der Waals surface area contributed by atoms with Crippen LogP contribution in [0.2, 0.25) is 5.02 Å². The molecule has 0 radical (unpaired) electrons. The van der Waals surface area contributed by atoms with E-state index in [0.717, 1.165) is 0 Å². The van der Waals surface area contributed by atoms with Crippen LogP contribution < -0.4 is 15.3 Å². The number of nitrogens with one attached hydrogen (secondary N) is 1. The van der Waals surface area contributed by atoms with Crippen molar-refractivity contribution >= 4 is 34.8 Å². The van der Waals surface area contributed by atoms with Crippen LogP contribution in [0.5, 0.6) is 0 Å². The molecule has 1 fully saturated rings. The Labute approximate surface area is 173 Å². The first-order valence-electron chi connectivity index (χ1n) is 9.37. The van der Waals surface area contributed by atoms with Crippen molar-refractivity contribution in [1.82, 2.24) is 10.3 Å². The van der Waals surface area contributed by atoms with Gasteiger partial charge in [-0.1, -0.05) is 23.7 Å². The van der Waals surface area contributed by atoms with Crippen LogP contribution in [0.4, 0.5) is 15.8 Å². The summed E-state index contributed by atoms with van der Waals surface area (Å²) >= 11 is 5.91. The molecule has 0 bridgehead atoms. The third-order valence-electron chi connectivity index (χ3n) is 5.04. The zero-order valence-corrected chi connectivity index (χ0v) is 16.4. The van der Waals surface area contributed by atoms with Gasteiger partial charge in [0, 0.05) is 37.6 Å². The molecular formula is C21H20ClFN4O2. The van der Waals surface area contributed by atoms with Gasteiger partial charge >= 0.3 is 0 Å². The molecule has 2 aromatic rings. The molecule has 0 unspecified atom stereocenters. The number of hydrogen-bond acceptors (Lipinski definition) is 4. The molecule has 0 spiro atoms. The molecule has 0 aliphatic carbocycles. The Balaban J connectivity index is 1.41. The van der Waals surface area contributed by atoms with Crippen molar-refractivity contribution in [1.29, 1.82) is 0 Å². The molecule has 1 saturated heterocycles. The van der Waals surface area contributed by atoms with E-state index < -0.39 is 0 Å². The van der Waals surface area contributed by atoms with Gasteiger partial charge in [-0.15, -0.1) is 0 Å².